The van der Waals surface area contributed by atoms with Gasteiger partial charge in [-0.3, -0.25) is 4.79 Å². The van der Waals surface area contributed by atoms with Crippen LogP contribution < -0.4 is 11.1 Å². The van der Waals surface area contributed by atoms with Gasteiger partial charge in [-0.25, -0.2) is 4.98 Å². The van der Waals surface area contributed by atoms with Crippen LogP contribution in [0.2, 0.25) is 5.02 Å². The molecule has 0 saturated heterocycles. The fraction of sp³-hybridized carbons (Fsp3) is 0.385. The molecule has 2 rings (SSSR count). The first-order valence-electron chi connectivity index (χ1n) is 6.15. The number of hydrogen-bond acceptors (Lipinski definition) is 4. The van der Waals surface area contributed by atoms with Gasteiger partial charge in [0.1, 0.15) is 5.52 Å². The molecule has 0 bridgehead atoms. The summed E-state index contributed by atoms with van der Waals surface area (Å²) in [6.45, 7) is 1.94. The minimum absolute atomic E-state index is 0.0527. The van der Waals surface area contributed by atoms with E-state index < -0.39 is 0 Å². The lowest BCUT2D eigenvalue weighted by Gasteiger charge is -2.08. The first kappa shape index (κ1) is 14.2. The molecular weight excluding hydrogens is 282 g/mol. The van der Waals surface area contributed by atoms with E-state index in [2.05, 4.69) is 10.3 Å². The molecule has 2 aromatic rings. The van der Waals surface area contributed by atoms with Crippen molar-refractivity contribution in [3.63, 3.8) is 0 Å². The largest absolute Gasteiger partial charge is 0.328 e. The van der Waals surface area contributed by atoms with Crippen LogP contribution in [0.15, 0.2) is 17.6 Å². The van der Waals surface area contributed by atoms with Crippen molar-refractivity contribution in [2.45, 2.75) is 32.2 Å². The van der Waals surface area contributed by atoms with Gasteiger partial charge in [0, 0.05) is 12.5 Å². The highest BCUT2D eigenvalue weighted by Gasteiger charge is 2.11. The van der Waals surface area contributed by atoms with Gasteiger partial charge in [-0.2, -0.15) is 0 Å². The summed E-state index contributed by atoms with van der Waals surface area (Å²) < 4.78 is 1.01. The molecule has 102 valence electrons. The molecule has 0 spiro atoms. The first-order valence-corrected chi connectivity index (χ1v) is 7.41. The average Bonchev–Trinajstić information content (AvgIpc) is 2.81. The smallest absolute Gasteiger partial charge is 0.224 e. The maximum atomic E-state index is 11.9. The van der Waals surface area contributed by atoms with Crippen LogP contribution in [-0.4, -0.2) is 16.9 Å². The second-order valence-electron chi connectivity index (χ2n) is 4.54. The van der Waals surface area contributed by atoms with Gasteiger partial charge in [0.15, 0.2) is 0 Å². The number of nitrogens with two attached hydrogens (primary N) is 1. The molecule has 3 N–H and O–H groups in total. The Morgan fingerprint density at radius 3 is 3.11 bits per heavy atom. The van der Waals surface area contributed by atoms with Crippen molar-refractivity contribution < 1.29 is 4.79 Å². The maximum Gasteiger partial charge on any atom is 0.224 e. The Hall–Kier alpha value is -1.17. The SMILES string of the molecule is CC(N)CCCC(=O)Nc1c(Cl)ccc2scnc12. The Morgan fingerprint density at radius 2 is 2.37 bits per heavy atom. The van der Waals surface area contributed by atoms with Gasteiger partial charge in [-0.15, -0.1) is 11.3 Å². The van der Waals surface area contributed by atoms with Crippen LogP contribution >= 0.6 is 22.9 Å². The lowest BCUT2D eigenvalue weighted by atomic mass is 10.1. The molecule has 1 aromatic carbocycles. The third-order valence-electron chi connectivity index (χ3n) is 2.78. The van der Waals surface area contributed by atoms with Crippen molar-refractivity contribution in [2.24, 2.45) is 5.73 Å². The second kappa shape index (κ2) is 6.32. The van der Waals surface area contributed by atoms with E-state index in [1.54, 1.807) is 11.6 Å². The third kappa shape index (κ3) is 3.65. The van der Waals surface area contributed by atoms with Gasteiger partial charge in [-0.05, 0) is 31.9 Å². The Kier molecular flexibility index (Phi) is 4.74. The number of hydrogen-bond donors (Lipinski definition) is 2. The summed E-state index contributed by atoms with van der Waals surface area (Å²) in [5.74, 6) is -0.0527. The number of halogens is 1. The molecule has 1 unspecified atom stereocenters. The molecule has 0 radical (unpaired) electrons. The summed E-state index contributed by atoms with van der Waals surface area (Å²) in [5, 5.41) is 3.36. The molecule has 1 amide bonds. The standard InChI is InChI=1S/C13H16ClN3OS/c1-8(15)3-2-4-11(18)17-12-9(14)5-6-10-13(12)16-7-19-10/h5-8H,2-4,15H2,1H3,(H,17,18). The number of nitrogens with one attached hydrogen (secondary N) is 1. The average molecular weight is 298 g/mol. The van der Waals surface area contributed by atoms with E-state index in [1.807, 2.05) is 13.0 Å². The van der Waals surface area contributed by atoms with Gasteiger partial charge in [0.2, 0.25) is 5.91 Å². The molecule has 4 nitrogen and oxygen atoms in total. The highest BCUT2D eigenvalue weighted by Crippen LogP contribution is 2.32. The van der Waals surface area contributed by atoms with Gasteiger partial charge in [0.05, 0.1) is 20.9 Å². The normalized spacial score (nSPS) is 12.6. The zero-order chi connectivity index (χ0) is 13.8. The summed E-state index contributed by atoms with van der Waals surface area (Å²) in [6.07, 6.45) is 2.05. The van der Waals surface area contributed by atoms with Crippen molar-refractivity contribution in [1.82, 2.24) is 4.98 Å². The molecule has 6 heteroatoms. The van der Waals surface area contributed by atoms with E-state index in [-0.39, 0.29) is 11.9 Å². The molecule has 0 aliphatic carbocycles. The van der Waals surface area contributed by atoms with Crippen molar-refractivity contribution in [3.8, 4) is 0 Å². The van der Waals surface area contributed by atoms with Gasteiger partial charge in [-0.1, -0.05) is 11.6 Å². The number of anilines is 1. The minimum Gasteiger partial charge on any atom is -0.328 e. The monoisotopic (exact) mass is 297 g/mol. The topological polar surface area (TPSA) is 68.0 Å². The van der Waals surface area contributed by atoms with E-state index in [4.69, 9.17) is 17.3 Å². The van der Waals surface area contributed by atoms with Crippen LogP contribution in [0.25, 0.3) is 10.2 Å². The number of rotatable bonds is 5. The molecule has 19 heavy (non-hydrogen) atoms. The predicted octanol–water partition coefficient (Wildman–Crippen LogP) is 3.41. The number of amides is 1. The summed E-state index contributed by atoms with van der Waals surface area (Å²) in [6, 6.07) is 3.80. The Balaban J connectivity index is 2.06. The van der Waals surface area contributed by atoms with E-state index in [0.29, 0.717) is 17.1 Å². The third-order valence-corrected chi connectivity index (χ3v) is 3.89. The maximum absolute atomic E-state index is 11.9. The number of carbonyl (C=O) groups excluding carboxylic acids is 1. The van der Waals surface area contributed by atoms with Crippen molar-refractivity contribution in [1.29, 1.82) is 0 Å². The van der Waals surface area contributed by atoms with Gasteiger partial charge >= 0.3 is 0 Å². The fourth-order valence-corrected chi connectivity index (χ4v) is 2.70. The zero-order valence-corrected chi connectivity index (χ0v) is 12.2. The molecule has 1 heterocycles. The summed E-state index contributed by atoms with van der Waals surface area (Å²) in [5.41, 5.74) is 8.75. The van der Waals surface area contributed by atoms with Crippen LogP contribution in [0, 0.1) is 0 Å². The number of nitrogens with zero attached hydrogens (tertiary/aromatic N) is 1. The van der Waals surface area contributed by atoms with Crippen molar-refractivity contribution in [3.05, 3.63) is 22.7 Å². The lowest BCUT2D eigenvalue weighted by molar-refractivity contribution is -0.116. The summed E-state index contributed by atoms with van der Waals surface area (Å²) in [4.78, 5) is 16.1. The highest BCUT2D eigenvalue weighted by atomic mass is 35.5. The lowest BCUT2D eigenvalue weighted by Crippen LogP contribution is -2.17. The molecule has 0 saturated carbocycles. The van der Waals surface area contributed by atoms with E-state index >= 15 is 0 Å². The molecule has 0 aliphatic heterocycles. The van der Waals surface area contributed by atoms with E-state index in [0.717, 1.165) is 23.1 Å². The molecule has 1 atom stereocenters. The Labute approximate surface area is 121 Å². The minimum atomic E-state index is -0.0527. The highest BCUT2D eigenvalue weighted by molar-refractivity contribution is 7.16. The predicted molar refractivity (Wildman–Crippen MR) is 80.8 cm³/mol. The summed E-state index contributed by atoms with van der Waals surface area (Å²) in [7, 11) is 0. The number of thiazole rings is 1. The fourth-order valence-electron chi connectivity index (χ4n) is 1.81. The molecule has 0 aliphatic rings. The molecule has 1 aromatic heterocycles. The van der Waals surface area contributed by atoms with Crippen LogP contribution in [0.1, 0.15) is 26.2 Å². The van der Waals surface area contributed by atoms with Gasteiger partial charge < -0.3 is 11.1 Å². The van der Waals surface area contributed by atoms with Crippen LogP contribution in [0.4, 0.5) is 5.69 Å². The van der Waals surface area contributed by atoms with E-state index in [1.165, 1.54) is 11.3 Å². The van der Waals surface area contributed by atoms with Crippen LogP contribution in [0.3, 0.4) is 0 Å². The Bertz CT molecular complexity index is 582. The summed E-state index contributed by atoms with van der Waals surface area (Å²) >= 11 is 7.64. The quantitative estimate of drug-likeness (QED) is 0.888. The van der Waals surface area contributed by atoms with Crippen LogP contribution in [0.5, 0.6) is 0 Å². The van der Waals surface area contributed by atoms with Crippen LogP contribution in [-0.2, 0) is 4.79 Å². The number of benzene rings is 1. The van der Waals surface area contributed by atoms with Gasteiger partial charge in [0.25, 0.3) is 0 Å². The molecule has 0 fully saturated rings. The number of carbonyl (C=O) groups is 1. The number of fused-ring (bicyclic) bond motifs is 1. The second-order valence-corrected chi connectivity index (χ2v) is 5.83. The van der Waals surface area contributed by atoms with Crippen molar-refractivity contribution in [2.75, 3.05) is 5.32 Å². The molecular formula is C13H16ClN3OS. The Morgan fingerprint density at radius 1 is 1.58 bits per heavy atom. The zero-order valence-electron chi connectivity index (χ0n) is 10.6. The first-order chi connectivity index (χ1) is 9.08. The number of aromatic nitrogens is 1. The van der Waals surface area contributed by atoms with E-state index in [9.17, 15) is 4.79 Å². The van der Waals surface area contributed by atoms with Crippen molar-refractivity contribution >= 4 is 44.7 Å².